The first-order chi connectivity index (χ1) is 12.1. The molecule has 0 atom stereocenters. The quantitative estimate of drug-likeness (QED) is 0.754. The SMILES string of the molecule is O=C1c2cccc(O)c2C(=O)c2c(O)cc(CN3C=CC=CC3)cc21. The van der Waals surface area contributed by atoms with Gasteiger partial charge in [0.15, 0.2) is 5.78 Å². The molecule has 0 unspecified atom stereocenters. The fourth-order valence-corrected chi connectivity index (χ4v) is 3.29. The number of hydrogen-bond acceptors (Lipinski definition) is 5. The summed E-state index contributed by atoms with van der Waals surface area (Å²) < 4.78 is 0. The molecule has 0 radical (unpaired) electrons. The molecule has 0 amide bonds. The number of benzene rings is 2. The summed E-state index contributed by atoms with van der Waals surface area (Å²) >= 11 is 0. The minimum absolute atomic E-state index is 0.0446. The summed E-state index contributed by atoms with van der Waals surface area (Å²) in [6.07, 6.45) is 7.80. The van der Waals surface area contributed by atoms with Crippen molar-refractivity contribution < 1.29 is 19.8 Å². The smallest absolute Gasteiger partial charge is 0.201 e. The first-order valence-electron chi connectivity index (χ1n) is 7.91. The van der Waals surface area contributed by atoms with Gasteiger partial charge < -0.3 is 15.1 Å². The lowest BCUT2D eigenvalue weighted by Gasteiger charge is -2.23. The van der Waals surface area contributed by atoms with Gasteiger partial charge in [-0.25, -0.2) is 0 Å². The summed E-state index contributed by atoms with van der Waals surface area (Å²) in [6, 6.07) is 7.55. The average molecular weight is 333 g/mol. The van der Waals surface area contributed by atoms with Gasteiger partial charge >= 0.3 is 0 Å². The lowest BCUT2D eigenvalue weighted by atomic mass is 9.82. The lowest BCUT2D eigenvalue weighted by Crippen LogP contribution is -2.23. The van der Waals surface area contributed by atoms with Gasteiger partial charge in [0.2, 0.25) is 5.78 Å². The molecule has 2 aromatic rings. The number of aromatic hydroxyl groups is 2. The second-order valence-corrected chi connectivity index (χ2v) is 6.09. The zero-order valence-corrected chi connectivity index (χ0v) is 13.3. The number of carbonyl (C=O) groups is 2. The summed E-state index contributed by atoms with van der Waals surface area (Å²) in [7, 11) is 0. The maximum Gasteiger partial charge on any atom is 0.201 e. The molecule has 0 saturated carbocycles. The van der Waals surface area contributed by atoms with Crippen molar-refractivity contribution in [2.45, 2.75) is 6.54 Å². The molecule has 4 rings (SSSR count). The Morgan fingerprint density at radius 3 is 2.48 bits per heavy atom. The number of nitrogens with zero attached hydrogens (tertiary/aromatic N) is 1. The van der Waals surface area contributed by atoms with Crippen LogP contribution in [0.15, 0.2) is 54.8 Å². The largest absolute Gasteiger partial charge is 0.507 e. The van der Waals surface area contributed by atoms with Gasteiger partial charge in [0.05, 0.1) is 11.1 Å². The third kappa shape index (κ3) is 2.41. The van der Waals surface area contributed by atoms with Crippen molar-refractivity contribution in [2.75, 3.05) is 6.54 Å². The molecule has 25 heavy (non-hydrogen) atoms. The van der Waals surface area contributed by atoms with E-state index in [2.05, 4.69) is 0 Å². The molecule has 2 aliphatic rings. The van der Waals surface area contributed by atoms with Gasteiger partial charge in [-0.05, 0) is 36.0 Å². The molecule has 1 aliphatic heterocycles. The Labute approximate surface area is 144 Å². The molecule has 0 fully saturated rings. The molecule has 0 aromatic heterocycles. The van der Waals surface area contributed by atoms with E-state index in [1.807, 2.05) is 29.3 Å². The predicted octanol–water partition coefficient (Wildman–Crippen LogP) is 2.76. The summed E-state index contributed by atoms with van der Waals surface area (Å²) in [6.45, 7) is 1.24. The van der Waals surface area contributed by atoms with Crippen LogP contribution in [0.3, 0.4) is 0 Å². The minimum atomic E-state index is -0.535. The molecule has 1 heterocycles. The van der Waals surface area contributed by atoms with E-state index in [4.69, 9.17) is 0 Å². The van der Waals surface area contributed by atoms with Crippen molar-refractivity contribution in [2.24, 2.45) is 0 Å². The molecule has 5 heteroatoms. The van der Waals surface area contributed by atoms with Crippen molar-refractivity contribution >= 4 is 11.6 Å². The Morgan fingerprint density at radius 1 is 0.920 bits per heavy atom. The van der Waals surface area contributed by atoms with E-state index in [1.54, 1.807) is 6.07 Å². The first kappa shape index (κ1) is 15.2. The second-order valence-electron chi connectivity index (χ2n) is 6.09. The molecule has 124 valence electrons. The molecule has 0 bridgehead atoms. The van der Waals surface area contributed by atoms with Gasteiger partial charge in [0.1, 0.15) is 11.5 Å². The van der Waals surface area contributed by atoms with Crippen LogP contribution in [-0.4, -0.2) is 33.2 Å². The summed E-state index contributed by atoms with van der Waals surface area (Å²) in [5, 5.41) is 20.3. The molecule has 2 N–H and O–H groups in total. The lowest BCUT2D eigenvalue weighted by molar-refractivity contribution is 0.0974. The Kier molecular flexibility index (Phi) is 3.42. The van der Waals surface area contributed by atoms with E-state index in [-0.39, 0.29) is 39.5 Å². The molecule has 2 aromatic carbocycles. The van der Waals surface area contributed by atoms with Crippen LogP contribution in [0.1, 0.15) is 37.4 Å². The third-order valence-corrected chi connectivity index (χ3v) is 4.43. The van der Waals surface area contributed by atoms with Crippen LogP contribution in [0.25, 0.3) is 0 Å². The maximum atomic E-state index is 12.8. The highest BCUT2D eigenvalue weighted by atomic mass is 16.3. The fraction of sp³-hybridized carbons (Fsp3) is 0.100. The van der Waals surface area contributed by atoms with Gasteiger partial charge in [-0.15, -0.1) is 0 Å². The van der Waals surface area contributed by atoms with E-state index >= 15 is 0 Å². The summed E-state index contributed by atoms with van der Waals surface area (Å²) in [5.41, 5.74) is 0.981. The zero-order valence-electron chi connectivity index (χ0n) is 13.3. The number of fused-ring (bicyclic) bond motifs is 2. The van der Waals surface area contributed by atoms with Crippen LogP contribution < -0.4 is 0 Å². The second kappa shape index (κ2) is 5.63. The number of allylic oxidation sites excluding steroid dienone is 2. The van der Waals surface area contributed by atoms with Gasteiger partial charge in [0, 0.05) is 24.2 Å². The summed E-state index contributed by atoms with van der Waals surface area (Å²) in [4.78, 5) is 27.5. The third-order valence-electron chi connectivity index (χ3n) is 4.43. The molecular formula is C20H15NO4. The van der Waals surface area contributed by atoms with Crippen molar-refractivity contribution in [3.05, 3.63) is 82.6 Å². The molecule has 1 aliphatic carbocycles. The van der Waals surface area contributed by atoms with Crippen LogP contribution >= 0.6 is 0 Å². The van der Waals surface area contributed by atoms with Crippen LogP contribution in [0.5, 0.6) is 11.5 Å². The number of hydrogen-bond donors (Lipinski definition) is 2. The number of carbonyl (C=O) groups excluding carboxylic acids is 2. The number of phenolic OH excluding ortho intramolecular Hbond substituents is 2. The van der Waals surface area contributed by atoms with Gasteiger partial charge in [-0.2, -0.15) is 0 Å². The summed E-state index contributed by atoms with van der Waals surface area (Å²) in [5.74, 6) is -1.40. The van der Waals surface area contributed by atoms with Crippen molar-refractivity contribution in [1.29, 1.82) is 0 Å². The highest BCUT2D eigenvalue weighted by molar-refractivity contribution is 6.30. The highest BCUT2D eigenvalue weighted by Gasteiger charge is 2.34. The maximum absolute atomic E-state index is 12.8. The van der Waals surface area contributed by atoms with E-state index in [0.717, 1.165) is 12.1 Å². The topological polar surface area (TPSA) is 77.8 Å². The fourth-order valence-electron chi connectivity index (χ4n) is 3.29. The van der Waals surface area contributed by atoms with Gasteiger partial charge in [-0.1, -0.05) is 24.3 Å². The van der Waals surface area contributed by atoms with Crippen molar-refractivity contribution in [1.82, 2.24) is 4.90 Å². The van der Waals surface area contributed by atoms with Crippen molar-refractivity contribution in [3.63, 3.8) is 0 Å². The van der Waals surface area contributed by atoms with E-state index in [1.165, 1.54) is 24.3 Å². The van der Waals surface area contributed by atoms with Crippen LogP contribution in [0.2, 0.25) is 0 Å². The molecular weight excluding hydrogens is 318 g/mol. The minimum Gasteiger partial charge on any atom is -0.507 e. The van der Waals surface area contributed by atoms with Gasteiger partial charge in [0.25, 0.3) is 0 Å². The molecule has 5 nitrogen and oxygen atoms in total. The highest BCUT2D eigenvalue weighted by Crippen LogP contribution is 2.37. The van der Waals surface area contributed by atoms with Gasteiger partial charge in [-0.3, -0.25) is 9.59 Å². The first-order valence-corrected chi connectivity index (χ1v) is 7.91. The number of ketones is 2. The Bertz CT molecular complexity index is 972. The van der Waals surface area contributed by atoms with E-state index in [9.17, 15) is 19.8 Å². The monoisotopic (exact) mass is 333 g/mol. The number of phenols is 2. The van der Waals surface area contributed by atoms with Crippen LogP contribution in [-0.2, 0) is 6.54 Å². The predicted molar refractivity (Wildman–Crippen MR) is 91.8 cm³/mol. The standard InChI is InChI=1S/C20H15NO4/c22-15-6-4-5-13-17(15)20(25)18-14(19(13)24)9-12(10-16(18)23)11-21-7-2-1-3-8-21/h1-7,9-10,22-23H,8,11H2. The molecule has 0 saturated heterocycles. The van der Waals surface area contributed by atoms with E-state index < -0.39 is 5.78 Å². The number of rotatable bonds is 2. The average Bonchev–Trinajstić information content (AvgIpc) is 2.60. The Balaban J connectivity index is 1.79. The molecule has 0 spiro atoms. The Hall–Kier alpha value is -3.34. The van der Waals surface area contributed by atoms with E-state index in [0.29, 0.717) is 6.54 Å². The van der Waals surface area contributed by atoms with Crippen LogP contribution in [0, 0.1) is 0 Å². The van der Waals surface area contributed by atoms with Crippen molar-refractivity contribution in [3.8, 4) is 11.5 Å². The zero-order chi connectivity index (χ0) is 17.6. The normalized spacial score (nSPS) is 15.3. The van der Waals surface area contributed by atoms with Crippen LogP contribution in [0.4, 0.5) is 0 Å². The Morgan fingerprint density at radius 2 is 1.72 bits per heavy atom.